The SMILES string of the molecule is CCCNC(=O)N(C)CC1CC1C. The summed E-state index contributed by atoms with van der Waals surface area (Å²) in [5.74, 6) is 1.57. The minimum atomic E-state index is 0.0703. The molecule has 2 amide bonds. The Kier molecular flexibility index (Phi) is 3.58. The van der Waals surface area contributed by atoms with Crippen LogP contribution in [0.3, 0.4) is 0 Å². The molecule has 0 aliphatic heterocycles. The number of carbonyl (C=O) groups excluding carboxylic acids is 1. The Bertz CT molecular complexity index is 182. The Morgan fingerprint density at radius 3 is 2.69 bits per heavy atom. The summed E-state index contributed by atoms with van der Waals surface area (Å²) in [4.78, 5) is 13.2. The predicted octanol–water partition coefficient (Wildman–Crippen LogP) is 1.69. The lowest BCUT2D eigenvalue weighted by Crippen LogP contribution is -2.38. The average molecular weight is 184 g/mol. The van der Waals surface area contributed by atoms with Crippen molar-refractivity contribution in [3.8, 4) is 0 Å². The molecule has 0 saturated heterocycles. The molecule has 0 aromatic rings. The highest BCUT2D eigenvalue weighted by Crippen LogP contribution is 2.37. The highest BCUT2D eigenvalue weighted by Gasteiger charge is 2.33. The zero-order valence-corrected chi connectivity index (χ0v) is 8.84. The molecule has 1 rings (SSSR count). The first kappa shape index (κ1) is 10.4. The molecule has 0 bridgehead atoms. The Labute approximate surface area is 80.5 Å². The first-order chi connectivity index (χ1) is 6.15. The Balaban J connectivity index is 2.14. The monoisotopic (exact) mass is 184 g/mol. The quantitative estimate of drug-likeness (QED) is 0.708. The Morgan fingerprint density at radius 1 is 1.62 bits per heavy atom. The van der Waals surface area contributed by atoms with Crippen molar-refractivity contribution in [2.45, 2.75) is 26.7 Å². The molecule has 1 aliphatic carbocycles. The van der Waals surface area contributed by atoms with Gasteiger partial charge in [0, 0.05) is 20.1 Å². The van der Waals surface area contributed by atoms with E-state index >= 15 is 0 Å². The summed E-state index contributed by atoms with van der Waals surface area (Å²) >= 11 is 0. The van der Waals surface area contributed by atoms with Gasteiger partial charge in [0.25, 0.3) is 0 Å². The van der Waals surface area contributed by atoms with E-state index in [-0.39, 0.29) is 6.03 Å². The van der Waals surface area contributed by atoms with Crippen molar-refractivity contribution in [3.05, 3.63) is 0 Å². The Hall–Kier alpha value is -0.730. The molecule has 3 heteroatoms. The normalized spacial score (nSPS) is 25.5. The molecule has 0 spiro atoms. The number of amides is 2. The van der Waals surface area contributed by atoms with E-state index in [1.54, 1.807) is 4.90 Å². The van der Waals surface area contributed by atoms with E-state index in [9.17, 15) is 4.79 Å². The van der Waals surface area contributed by atoms with Gasteiger partial charge in [0.1, 0.15) is 0 Å². The molecule has 13 heavy (non-hydrogen) atoms. The van der Waals surface area contributed by atoms with Crippen LogP contribution in [-0.2, 0) is 0 Å². The molecule has 1 fully saturated rings. The molecular formula is C10H20N2O. The average Bonchev–Trinajstić information content (AvgIpc) is 2.77. The van der Waals surface area contributed by atoms with Gasteiger partial charge in [-0.1, -0.05) is 13.8 Å². The molecule has 76 valence electrons. The van der Waals surface area contributed by atoms with Gasteiger partial charge in [-0.05, 0) is 24.7 Å². The van der Waals surface area contributed by atoms with Gasteiger partial charge in [-0.3, -0.25) is 0 Å². The van der Waals surface area contributed by atoms with E-state index in [1.807, 2.05) is 7.05 Å². The van der Waals surface area contributed by atoms with Gasteiger partial charge in [0.15, 0.2) is 0 Å². The van der Waals surface area contributed by atoms with Crippen LogP contribution in [-0.4, -0.2) is 31.1 Å². The topological polar surface area (TPSA) is 32.3 Å². The van der Waals surface area contributed by atoms with Crippen LogP contribution in [0.1, 0.15) is 26.7 Å². The standard InChI is InChI=1S/C10H20N2O/c1-4-5-11-10(13)12(3)7-9-6-8(9)2/h8-9H,4-7H2,1-3H3,(H,11,13). The fourth-order valence-corrected chi connectivity index (χ4v) is 1.46. The third-order valence-corrected chi connectivity index (χ3v) is 2.66. The van der Waals surface area contributed by atoms with Gasteiger partial charge < -0.3 is 10.2 Å². The van der Waals surface area contributed by atoms with Gasteiger partial charge in [-0.15, -0.1) is 0 Å². The van der Waals surface area contributed by atoms with E-state index in [0.717, 1.165) is 31.3 Å². The molecule has 0 aromatic heterocycles. The summed E-state index contributed by atoms with van der Waals surface area (Å²) in [5.41, 5.74) is 0. The van der Waals surface area contributed by atoms with Crippen LogP contribution in [0.25, 0.3) is 0 Å². The number of carbonyl (C=O) groups is 1. The molecule has 0 aromatic carbocycles. The molecule has 0 heterocycles. The first-order valence-corrected chi connectivity index (χ1v) is 5.14. The van der Waals surface area contributed by atoms with Gasteiger partial charge in [-0.2, -0.15) is 0 Å². The third kappa shape index (κ3) is 3.25. The van der Waals surface area contributed by atoms with Crippen molar-refractivity contribution in [1.82, 2.24) is 10.2 Å². The van der Waals surface area contributed by atoms with Crippen LogP contribution in [0.4, 0.5) is 4.79 Å². The lowest BCUT2D eigenvalue weighted by molar-refractivity contribution is 0.206. The van der Waals surface area contributed by atoms with E-state index in [1.165, 1.54) is 6.42 Å². The van der Waals surface area contributed by atoms with Crippen molar-refractivity contribution >= 4 is 6.03 Å². The highest BCUT2D eigenvalue weighted by molar-refractivity contribution is 5.73. The molecule has 3 nitrogen and oxygen atoms in total. The fraction of sp³-hybridized carbons (Fsp3) is 0.900. The maximum atomic E-state index is 11.4. The second-order valence-electron chi connectivity index (χ2n) is 4.09. The largest absolute Gasteiger partial charge is 0.338 e. The summed E-state index contributed by atoms with van der Waals surface area (Å²) in [6.45, 7) is 5.99. The van der Waals surface area contributed by atoms with E-state index < -0.39 is 0 Å². The second kappa shape index (κ2) is 4.49. The lowest BCUT2D eigenvalue weighted by atomic mass is 10.3. The third-order valence-electron chi connectivity index (χ3n) is 2.66. The van der Waals surface area contributed by atoms with Crippen LogP contribution < -0.4 is 5.32 Å². The Morgan fingerprint density at radius 2 is 2.23 bits per heavy atom. The molecule has 2 unspecified atom stereocenters. The van der Waals surface area contributed by atoms with Gasteiger partial charge >= 0.3 is 6.03 Å². The van der Waals surface area contributed by atoms with Crippen molar-refractivity contribution < 1.29 is 4.79 Å². The second-order valence-corrected chi connectivity index (χ2v) is 4.09. The van der Waals surface area contributed by atoms with Crippen molar-refractivity contribution in [3.63, 3.8) is 0 Å². The first-order valence-electron chi connectivity index (χ1n) is 5.14. The molecule has 0 radical (unpaired) electrons. The molecule has 2 atom stereocenters. The molecular weight excluding hydrogens is 164 g/mol. The van der Waals surface area contributed by atoms with Crippen molar-refractivity contribution in [1.29, 1.82) is 0 Å². The van der Waals surface area contributed by atoms with Crippen molar-refractivity contribution in [2.24, 2.45) is 11.8 Å². The van der Waals surface area contributed by atoms with Crippen LogP contribution in [0, 0.1) is 11.8 Å². The summed E-state index contributed by atoms with van der Waals surface area (Å²) in [6.07, 6.45) is 2.28. The fourth-order valence-electron chi connectivity index (χ4n) is 1.46. The van der Waals surface area contributed by atoms with Crippen LogP contribution in [0.2, 0.25) is 0 Å². The number of nitrogens with zero attached hydrogens (tertiary/aromatic N) is 1. The molecule has 1 aliphatic rings. The molecule has 1 N–H and O–H groups in total. The summed E-state index contributed by atoms with van der Waals surface area (Å²) in [7, 11) is 1.87. The van der Waals surface area contributed by atoms with E-state index in [0.29, 0.717) is 0 Å². The summed E-state index contributed by atoms with van der Waals surface area (Å²) in [6, 6.07) is 0.0703. The zero-order chi connectivity index (χ0) is 9.84. The lowest BCUT2D eigenvalue weighted by Gasteiger charge is -2.17. The minimum absolute atomic E-state index is 0.0703. The van der Waals surface area contributed by atoms with Gasteiger partial charge in [0.2, 0.25) is 0 Å². The predicted molar refractivity (Wildman–Crippen MR) is 53.6 cm³/mol. The van der Waals surface area contributed by atoms with Crippen LogP contribution in [0.5, 0.6) is 0 Å². The van der Waals surface area contributed by atoms with Crippen molar-refractivity contribution in [2.75, 3.05) is 20.1 Å². The number of urea groups is 1. The smallest absolute Gasteiger partial charge is 0.317 e. The number of hydrogen-bond acceptors (Lipinski definition) is 1. The maximum absolute atomic E-state index is 11.4. The van der Waals surface area contributed by atoms with E-state index in [4.69, 9.17) is 0 Å². The number of rotatable bonds is 4. The minimum Gasteiger partial charge on any atom is -0.338 e. The number of hydrogen-bond donors (Lipinski definition) is 1. The summed E-state index contributed by atoms with van der Waals surface area (Å²) < 4.78 is 0. The highest BCUT2D eigenvalue weighted by atomic mass is 16.2. The number of nitrogens with one attached hydrogen (secondary N) is 1. The van der Waals surface area contributed by atoms with Crippen LogP contribution >= 0.6 is 0 Å². The van der Waals surface area contributed by atoms with Gasteiger partial charge in [0.05, 0.1) is 0 Å². The van der Waals surface area contributed by atoms with Crippen LogP contribution in [0.15, 0.2) is 0 Å². The van der Waals surface area contributed by atoms with E-state index in [2.05, 4.69) is 19.2 Å². The van der Waals surface area contributed by atoms with Gasteiger partial charge in [-0.25, -0.2) is 4.79 Å². The summed E-state index contributed by atoms with van der Waals surface area (Å²) in [5, 5.41) is 2.87. The molecule has 1 saturated carbocycles. The zero-order valence-electron chi connectivity index (χ0n) is 8.84. The maximum Gasteiger partial charge on any atom is 0.317 e.